The van der Waals surface area contributed by atoms with Gasteiger partial charge in [0.05, 0.1) is 13.2 Å². The highest BCUT2D eigenvalue weighted by Gasteiger charge is 2.24. The van der Waals surface area contributed by atoms with Gasteiger partial charge in [-0.05, 0) is 42.4 Å². The lowest BCUT2D eigenvalue weighted by Crippen LogP contribution is -2.17. The standard InChI is InChI=1S/C17H25NO2/c1-13(9-11-18)6-5-10-17(2,3)15-12-14(20-4)7-8-16(15)19/h7-8,12-13,19H,5-6,9-10H2,1-4H3. The summed E-state index contributed by atoms with van der Waals surface area (Å²) in [4.78, 5) is 0. The number of rotatable bonds is 7. The van der Waals surface area contributed by atoms with Crippen molar-refractivity contribution in [2.75, 3.05) is 7.11 Å². The van der Waals surface area contributed by atoms with Gasteiger partial charge in [0, 0.05) is 12.0 Å². The molecule has 0 saturated carbocycles. The first-order valence-electron chi connectivity index (χ1n) is 7.15. The van der Waals surface area contributed by atoms with Crippen LogP contribution in [0.3, 0.4) is 0 Å². The molecule has 0 aliphatic carbocycles. The van der Waals surface area contributed by atoms with Gasteiger partial charge in [-0.3, -0.25) is 0 Å². The molecule has 3 heteroatoms. The Balaban J connectivity index is 2.71. The SMILES string of the molecule is COc1ccc(O)c(C(C)(C)CCCC(C)CC#N)c1. The van der Waals surface area contributed by atoms with Crippen LogP contribution in [0.2, 0.25) is 0 Å². The third kappa shape index (κ3) is 4.45. The van der Waals surface area contributed by atoms with Crippen molar-refractivity contribution in [2.24, 2.45) is 5.92 Å². The van der Waals surface area contributed by atoms with Crippen LogP contribution in [0.1, 0.15) is 52.0 Å². The molecule has 0 radical (unpaired) electrons. The highest BCUT2D eigenvalue weighted by atomic mass is 16.5. The predicted octanol–water partition coefficient (Wildman–Crippen LogP) is 4.40. The van der Waals surface area contributed by atoms with Gasteiger partial charge in [-0.1, -0.05) is 27.2 Å². The molecule has 1 atom stereocenters. The Morgan fingerprint density at radius 3 is 2.70 bits per heavy atom. The minimum absolute atomic E-state index is 0.106. The number of aromatic hydroxyl groups is 1. The first-order valence-corrected chi connectivity index (χ1v) is 7.15. The fraction of sp³-hybridized carbons (Fsp3) is 0.588. The highest BCUT2D eigenvalue weighted by molar-refractivity contribution is 5.43. The molecule has 1 unspecified atom stereocenters. The smallest absolute Gasteiger partial charge is 0.119 e. The normalized spacial score (nSPS) is 12.8. The average molecular weight is 275 g/mol. The minimum atomic E-state index is -0.106. The van der Waals surface area contributed by atoms with E-state index < -0.39 is 0 Å². The van der Waals surface area contributed by atoms with Gasteiger partial charge < -0.3 is 9.84 Å². The second-order valence-electron chi connectivity index (χ2n) is 6.13. The van der Waals surface area contributed by atoms with E-state index in [1.165, 1.54) is 0 Å². The Labute approximate surface area is 122 Å². The van der Waals surface area contributed by atoms with E-state index in [4.69, 9.17) is 10.00 Å². The molecular weight excluding hydrogens is 250 g/mol. The van der Waals surface area contributed by atoms with Crippen LogP contribution in [-0.2, 0) is 5.41 Å². The Kier molecular flexibility index (Phi) is 5.88. The molecule has 0 heterocycles. The average Bonchev–Trinajstić information content (AvgIpc) is 2.39. The molecule has 3 nitrogen and oxygen atoms in total. The zero-order valence-corrected chi connectivity index (χ0v) is 12.9. The van der Waals surface area contributed by atoms with Gasteiger partial charge in [0.25, 0.3) is 0 Å². The van der Waals surface area contributed by atoms with E-state index >= 15 is 0 Å². The summed E-state index contributed by atoms with van der Waals surface area (Å²) in [5.74, 6) is 1.53. The summed E-state index contributed by atoms with van der Waals surface area (Å²) in [5, 5.41) is 18.7. The summed E-state index contributed by atoms with van der Waals surface area (Å²) in [6.45, 7) is 6.38. The summed E-state index contributed by atoms with van der Waals surface area (Å²) in [5.41, 5.74) is 0.815. The van der Waals surface area contributed by atoms with E-state index in [1.807, 2.05) is 6.07 Å². The lowest BCUT2D eigenvalue weighted by Gasteiger charge is -2.27. The van der Waals surface area contributed by atoms with Gasteiger partial charge in [0.15, 0.2) is 0 Å². The molecule has 0 aromatic heterocycles. The van der Waals surface area contributed by atoms with Crippen LogP contribution in [0, 0.1) is 17.2 Å². The zero-order valence-electron chi connectivity index (χ0n) is 12.9. The molecule has 0 spiro atoms. The number of phenols is 1. The molecule has 0 saturated heterocycles. The largest absolute Gasteiger partial charge is 0.508 e. The van der Waals surface area contributed by atoms with E-state index in [9.17, 15) is 5.11 Å². The van der Waals surface area contributed by atoms with E-state index in [0.717, 1.165) is 30.6 Å². The number of ether oxygens (including phenoxy) is 1. The summed E-state index contributed by atoms with van der Waals surface area (Å²) < 4.78 is 5.23. The van der Waals surface area contributed by atoms with Gasteiger partial charge in [0.2, 0.25) is 0 Å². The van der Waals surface area contributed by atoms with E-state index in [0.29, 0.717) is 18.1 Å². The van der Waals surface area contributed by atoms with Gasteiger partial charge in [-0.2, -0.15) is 5.26 Å². The van der Waals surface area contributed by atoms with Gasteiger partial charge in [0.1, 0.15) is 11.5 Å². The molecule has 0 aliphatic rings. The molecular formula is C17H25NO2. The Bertz CT molecular complexity index is 474. The van der Waals surface area contributed by atoms with E-state index in [1.54, 1.807) is 19.2 Å². The van der Waals surface area contributed by atoms with E-state index in [-0.39, 0.29) is 5.41 Å². The van der Waals surface area contributed by atoms with E-state index in [2.05, 4.69) is 26.8 Å². The second kappa shape index (κ2) is 7.19. The van der Waals surface area contributed by atoms with Crippen molar-refractivity contribution in [1.29, 1.82) is 5.26 Å². The van der Waals surface area contributed by atoms with Crippen LogP contribution in [0.15, 0.2) is 18.2 Å². The molecule has 0 aliphatic heterocycles. The number of hydrogen-bond acceptors (Lipinski definition) is 3. The number of phenolic OH excluding ortho intramolecular Hbond substituents is 1. The maximum atomic E-state index is 10.1. The van der Waals surface area contributed by atoms with Gasteiger partial charge >= 0.3 is 0 Å². The summed E-state index contributed by atoms with van der Waals surface area (Å²) >= 11 is 0. The van der Waals surface area contributed by atoms with Crippen LogP contribution in [0.25, 0.3) is 0 Å². The van der Waals surface area contributed by atoms with Crippen LogP contribution in [-0.4, -0.2) is 12.2 Å². The van der Waals surface area contributed by atoms with Crippen molar-refractivity contribution in [2.45, 2.75) is 51.9 Å². The third-order valence-corrected chi connectivity index (χ3v) is 3.87. The number of nitriles is 1. The lowest BCUT2D eigenvalue weighted by molar-refractivity contribution is 0.382. The van der Waals surface area contributed by atoms with Crippen molar-refractivity contribution in [3.8, 4) is 17.6 Å². The molecule has 0 bridgehead atoms. The molecule has 0 amide bonds. The molecule has 1 N–H and O–H groups in total. The first-order chi connectivity index (χ1) is 9.40. The highest BCUT2D eigenvalue weighted by Crippen LogP contribution is 2.37. The number of methoxy groups -OCH3 is 1. The number of hydrogen-bond donors (Lipinski definition) is 1. The molecule has 1 rings (SSSR count). The lowest BCUT2D eigenvalue weighted by atomic mass is 9.79. The number of benzene rings is 1. The fourth-order valence-electron chi connectivity index (χ4n) is 2.47. The summed E-state index contributed by atoms with van der Waals surface area (Å²) in [7, 11) is 1.63. The van der Waals surface area contributed by atoms with Crippen molar-refractivity contribution in [1.82, 2.24) is 0 Å². The maximum absolute atomic E-state index is 10.1. The molecule has 1 aromatic carbocycles. The Hall–Kier alpha value is -1.69. The van der Waals surface area contributed by atoms with Crippen molar-refractivity contribution >= 4 is 0 Å². The topological polar surface area (TPSA) is 53.2 Å². The zero-order chi connectivity index (χ0) is 15.2. The minimum Gasteiger partial charge on any atom is -0.508 e. The maximum Gasteiger partial charge on any atom is 0.119 e. The molecule has 110 valence electrons. The van der Waals surface area contributed by atoms with Crippen LogP contribution in [0.5, 0.6) is 11.5 Å². The van der Waals surface area contributed by atoms with Gasteiger partial charge in [-0.25, -0.2) is 0 Å². The predicted molar refractivity (Wildman–Crippen MR) is 80.9 cm³/mol. The van der Waals surface area contributed by atoms with Crippen LogP contribution < -0.4 is 4.74 Å². The fourth-order valence-corrected chi connectivity index (χ4v) is 2.47. The van der Waals surface area contributed by atoms with Crippen molar-refractivity contribution in [3.63, 3.8) is 0 Å². The van der Waals surface area contributed by atoms with Crippen LogP contribution in [0.4, 0.5) is 0 Å². The summed E-state index contributed by atoms with van der Waals surface area (Å²) in [6, 6.07) is 7.58. The molecule has 1 aromatic rings. The molecule has 20 heavy (non-hydrogen) atoms. The van der Waals surface area contributed by atoms with Gasteiger partial charge in [-0.15, -0.1) is 0 Å². The number of nitrogens with zero attached hydrogens (tertiary/aromatic N) is 1. The van der Waals surface area contributed by atoms with Crippen LogP contribution >= 0.6 is 0 Å². The molecule has 0 fully saturated rings. The van der Waals surface area contributed by atoms with Crippen molar-refractivity contribution < 1.29 is 9.84 Å². The second-order valence-corrected chi connectivity index (χ2v) is 6.13. The third-order valence-electron chi connectivity index (χ3n) is 3.87. The Morgan fingerprint density at radius 2 is 2.10 bits per heavy atom. The van der Waals surface area contributed by atoms with Crippen molar-refractivity contribution in [3.05, 3.63) is 23.8 Å². The Morgan fingerprint density at radius 1 is 1.40 bits per heavy atom. The first kappa shape index (κ1) is 16.4. The summed E-state index contributed by atoms with van der Waals surface area (Å²) in [6.07, 6.45) is 3.68. The quantitative estimate of drug-likeness (QED) is 0.802. The monoisotopic (exact) mass is 275 g/mol.